The molecule has 0 spiro atoms. The fourth-order valence-corrected chi connectivity index (χ4v) is 1.65. The minimum atomic E-state index is -0.343. The highest BCUT2D eigenvalue weighted by Gasteiger charge is 2.05. The second kappa shape index (κ2) is 5.55. The number of hydrogen-bond donors (Lipinski definition) is 1. The average molecular weight is 228 g/mol. The van der Waals surface area contributed by atoms with Gasteiger partial charge in [0, 0.05) is 11.8 Å². The lowest BCUT2D eigenvalue weighted by Gasteiger charge is -2.01. The van der Waals surface area contributed by atoms with Gasteiger partial charge in [-0.15, -0.1) is 0 Å². The molecule has 82 valence electrons. The quantitative estimate of drug-likeness (QED) is 0.464. The number of ether oxygens (including phenoxy) is 1. The van der Waals surface area contributed by atoms with Gasteiger partial charge in [-0.25, -0.2) is 4.98 Å². The van der Waals surface area contributed by atoms with E-state index in [4.69, 9.17) is 0 Å². The molecule has 0 amide bonds. The lowest BCUT2D eigenvalue weighted by atomic mass is 10.3. The van der Waals surface area contributed by atoms with Crippen LogP contribution < -0.4 is 5.56 Å². The molecule has 1 rings (SSSR count). The van der Waals surface area contributed by atoms with Crippen LogP contribution in [0.25, 0.3) is 0 Å². The number of carbonyl (C=O) groups is 1. The Balaban J connectivity index is 2.72. The summed E-state index contributed by atoms with van der Waals surface area (Å²) in [6, 6.07) is 1.45. The number of aryl methyl sites for hydroxylation is 1. The molecule has 1 aromatic rings. The van der Waals surface area contributed by atoms with Crippen molar-refractivity contribution in [3.8, 4) is 0 Å². The van der Waals surface area contributed by atoms with E-state index in [0.29, 0.717) is 17.3 Å². The van der Waals surface area contributed by atoms with E-state index in [0.717, 1.165) is 11.8 Å². The number of H-pyrrole nitrogens is 1. The van der Waals surface area contributed by atoms with Crippen molar-refractivity contribution in [3.05, 3.63) is 22.1 Å². The van der Waals surface area contributed by atoms with Crippen molar-refractivity contribution in [2.75, 3.05) is 12.9 Å². The van der Waals surface area contributed by atoms with Gasteiger partial charge < -0.3 is 9.72 Å². The van der Waals surface area contributed by atoms with Gasteiger partial charge in [0.2, 0.25) is 0 Å². The highest BCUT2D eigenvalue weighted by molar-refractivity contribution is 7.99. The van der Waals surface area contributed by atoms with Crippen molar-refractivity contribution in [2.45, 2.75) is 18.5 Å². The molecule has 0 bridgehead atoms. The molecule has 0 saturated carbocycles. The normalized spacial score (nSPS) is 10.0. The average Bonchev–Trinajstić information content (AvgIpc) is 2.25. The lowest BCUT2D eigenvalue weighted by molar-refractivity contribution is -0.137. The van der Waals surface area contributed by atoms with Crippen molar-refractivity contribution in [1.82, 2.24) is 9.97 Å². The molecular weight excluding hydrogens is 216 g/mol. The maximum atomic E-state index is 11.2. The van der Waals surface area contributed by atoms with Crippen LogP contribution in [0.15, 0.2) is 16.0 Å². The lowest BCUT2D eigenvalue weighted by Crippen LogP contribution is -2.11. The number of aromatic nitrogens is 2. The zero-order valence-corrected chi connectivity index (χ0v) is 9.39. The third-order valence-corrected chi connectivity index (χ3v) is 2.54. The van der Waals surface area contributed by atoms with Gasteiger partial charge in [-0.1, -0.05) is 18.7 Å². The summed E-state index contributed by atoms with van der Waals surface area (Å²) in [5, 5.41) is 0.449. The number of thioether (sulfide) groups is 1. The Morgan fingerprint density at radius 3 is 3.00 bits per heavy atom. The van der Waals surface area contributed by atoms with Crippen LogP contribution in [0.2, 0.25) is 0 Å². The molecule has 0 aromatic carbocycles. The van der Waals surface area contributed by atoms with Crippen LogP contribution in [0.3, 0.4) is 0 Å². The maximum Gasteiger partial charge on any atom is 0.316 e. The van der Waals surface area contributed by atoms with Crippen LogP contribution in [0.4, 0.5) is 0 Å². The number of nitrogens with zero attached hydrogens (tertiary/aromatic N) is 1. The van der Waals surface area contributed by atoms with Gasteiger partial charge in [0.25, 0.3) is 5.56 Å². The molecule has 0 aliphatic rings. The molecule has 0 radical (unpaired) electrons. The Labute approximate surface area is 91.3 Å². The molecule has 1 N–H and O–H groups in total. The fraction of sp³-hybridized carbons (Fsp3) is 0.444. The first-order chi connectivity index (χ1) is 7.15. The van der Waals surface area contributed by atoms with Gasteiger partial charge in [-0.3, -0.25) is 9.59 Å². The minimum Gasteiger partial charge on any atom is -0.468 e. The molecule has 0 fully saturated rings. The summed E-state index contributed by atoms with van der Waals surface area (Å²) in [6.07, 6.45) is 0.690. The SMILES string of the molecule is CCc1cc(=O)[nH]c(SCC(=O)OC)n1. The molecular formula is C9H12N2O3S. The zero-order chi connectivity index (χ0) is 11.3. The third-order valence-electron chi connectivity index (χ3n) is 1.69. The first-order valence-electron chi connectivity index (χ1n) is 4.45. The first kappa shape index (κ1) is 11.8. The van der Waals surface area contributed by atoms with E-state index in [-0.39, 0.29) is 17.3 Å². The maximum absolute atomic E-state index is 11.2. The second-order valence-electron chi connectivity index (χ2n) is 2.76. The van der Waals surface area contributed by atoms with E-state index in [2.05, 4.69) is 14.7 Å². The molecule has 5 nitrogen and oxygen atoms in total. The summed E-state index contributed by atoms with van der Waals surface area (Å²) in [5.41, 5.74) is 0.514. The number of carbonyl (C=O) groups excluding carboxylic acids is 1. The summed E-state index contributed by atoms with van der Waals surface area (Å²) in [7, 11) is 1.32. The second-order valence-corrected chi connectivity index (χ2v) is 3.72. The Morgan fingerprint density at radius 1 is 1.67 bits per heavy atom. The molecule has 15 heavy (non-hydrogen) atoms. The van der Waals surface area contributed by atoms with E-state index in [1.807, 2.05) is 6.92 Å². The minimum absolute atomic E-state index is 0.145. The Bertz CT molecular complexity index is 403. The van der Waals surface area contributed by atoms with Crippen LogP contribution >= 0.6 is 11.8 Å². The third kappa shape index (κ3) is 3.75. The highest BCUT2D eigenvalue weighted by atomic mass is 32.2. The largest absolute Gasteiger partial charge is 0.468 e. The summed E-state index contributed by atoms with van der Waals surface area (Å²) in [4.78, 5) is 28.7. The van der Waals surface area contributed by atoms with E-state index < -0.39 is 0 Å². The Morgan fingerprint density at radius 2 is 2.40 bits per heavy atom. The predicted molar refractivity (Wildman–Crippen MR) is 57.0 cm³/mol. The highest BCUT2D eigenvalue weighted by Crippen LogP contribution is 2.11. The number of esters is 1. The Kier molecular flexibility index (Phi) is 4.36. The molecule has 0 unspecified atom stereocenters. The van der Waals surface area contributed by atoms with Crippen molar-refractivity contribution in [3.63, 3.8) is 0 Å². The van der Waals surface area contributed by atoms with Gasteiger partial charge in [0.1, 0.15) is 0 Å². The number of aromatic amines is 1. The van der Waals surface area contributed by atoms with Gasteiger partial charge >= 0.3 is 5.97 Å². The monoisotopic (exact) mass is 228 g/mol. The van der Waals surface area contributed by atoms with Crippen LogP contribution in [-0.2, 0) is 16.0 Å². The number of hydrogen-bond acceptors (Lipinski definition) is 5. The molecule has 6 heteroatoms. The zero-order valence-electron chi connectivity index (χ0n) is 8.57. The topological polar surface area (TPSA) is 72.0 Å². The van der Waals surface area contributed by atoms with Gasteiger partial charge in [0.15, 0.2) is 5.16 Å². The Hall–Kier alpha value is -1.30. The molecule has 1 heterocycles. The van der Waals surface area contributed by atoms with Gasteiger partial charge in [-0.2, -0.15) is 0 Å². The summed E-state index contributed by atoms with van der Waals surface area (Å²) < 4.78 is 4.48. The van der Waals surface area contributed by atoms with Crippen LogP contribution in [-0.4, -0.2) is 28.8 Å². The summed E-state index contributed by atoms with van der Waals surface area (Å²) in [5.74, 6) is -0.198. The van der Waals surface area contributed by atoms with E-state index >= 15 is 0 Å². The molecule has 0 aliphatic carbocycles. The molecule has 0 aliphatic heterocycles. The summed E-state index contributed by atoms with van der Waals surface area (Å²) in [6.45, 7) is 1.91. The molecule has 1 aromatic heterocycles. The number of rotatable bonds is 4. The predicted octanol–water partition coefficient (Wildman–Crippen LogP) is 0.597. The first-order valence-corrected chi connectivity index (χ1v) is 5.44. The summed E-state index contributed by atoms with van der Waals surface area (Å²) >= 11 is 1.16. The van der Waals surface area contributed by atoms with Crippen LogP contribution in [0.5, 0.6) is 0 Å². The van der Waals surface area contributed by atoms with Crippen LogP contribution in [0, 0.1) is 0 Å². The van der Waals surface area contributed by atoms with E-state index in [1.165, 1.54) is 13.2 Å². The van der Waals surface area contributed by atoms with E-state index in [9.17, 15) is 9.59 Å². The van der Waals surface area contributed by atoms with Gasteiger partial charge in [-0.05, 0) is 6.42 Å². The standard InChI is InChI=1S/C9H12N2O3S/c1-3-6-4-7(12)11-9(10-6)15-5-8(13)14-2/h4H,3,5H2,1-2H3,(H,10,11,12). The smallest absolute Gasteiger partial charge is 0.316 e. The van der Waals surface area contributed by atoms with Crippen molar-refractivity contribution >= 4 is 17.7 Å². The van der Waals surface area contributed by atoms with Crippen molar-refractivity contribution < 1.29 is 9.53 Å². The van der Waals surface area contributed by atoms with E-state index in [1.54, 1.807) is 0 Å². The fourth-order valence-electron chi connectivity index (χ4n) is 0.919. The van der Waals surface area contributed by atoms with Crippen molar-refractivity contribution in [2.24, 2.45) is 0 Å². The van der Waals surface area contributed by atoms with Crippen LogP contribution in [0.1, 0.15) is 12.6 Å². The molecule has 0 atom stereocenters. The number of methoxy groups -OCH3 is 1. The molecule has 0 saturated heterocycles. The van der Waals surface area contributed by atoms with Crippen molar-refractivity contribution in [1.29, 1.82) is 0 Å². The number of nitrogens with one attached hydrogen (secondary N) is 1. The van der Waals surface area contributed by atoms with Gasteiger partial charge in [0.05, 0.1) is 12.9 Å².